The third kappa shape index (κ3) is 2.80. The second kappa shape index (κ2) is 5.26. The first-order chi connectivity index (χ1) is 9.87. The molecule has 0 aliphatic carbocycles. The first kappa shape index (κ1) is 14.8. The molecule has 2 aromatic rings. The summed E-state index contributed by atoms with van der Waals surface area (Å²) in [6.45, 7) is 0. The summed E-state index contributed by atoms with van der Waals surface area (Å²) in [5.41, 5.74) is 0.565. The van der Waals surface area contributed by atoms with Crippen LogP contribution in [-0.4, -0.2) is 14.2 Å². The summed E-state index contributed by atoms with van der Waals surface area (Å²) < 4.78 is 43.0. The molecule has 1 radical (unpaired) electrons. The van der Waals surface area contributed by atoms with Crippen LogP contribution in [0.3, 0.4) is 0 Å². The fourth-order valence-corrected chi connectivity index (χ4v) is 4.39. The van der Waals surface area contributed by atoms with Gasteiger partial charge in [-0.25, -0.2) is 12.8 Å². The minimum absolute atomic E-state index is 0.0316. The summed E-state index contributed by atoms with van der Waals surface area (Å²) in [4.78, 5) is 0.263. The zero-order valence-corrected chi connectivity index (χ0v) is 13.6. The molecule has 0 saturated carbocycles. The SMILES string of the molecule is O=S1(=O)C[CH]c2c1ccc(Oc1cc(F)cc(Cl)c1)c2Br. The smallest absolute Gasteiger partial charge is 0.179 e. The predicted octanol–water partition coefficient (Wildman–Crippen LogP) is 4.37. The fourth-order valence-electron chi connectivity index (χ4n) is 2.09. The van der Waals surface area contributed by atoms with E-state index in [-0.39, 0.29) is 21.4 Å². The van der Waals surface area contributed by atoms with Gasteiger partial charge in [0.15, 0.2) is 9.84 Å². The quantitative estimate of drug-likeness (QED) is 0.764. The van der Waals surface area contributed by atoms with E-state index >= 15 is 0 Å². The maximum atomic E-state index is 13.3. The number of hydrogen-bond donors (Lipinski definition) is 0. The molecule has 0 fully saturated rings. The zero-order chi connectivity index (χ0) is 15.2. The average Bonchev–Trinajstić information content (AvgIpc) is 2.68. The average molecular weight is 391 g/mol. The lowest BCUT2D eigenvalue weighted by Gasteiger charge is -2.11. The van der Waals surface area contributed by atoms with E-state index in [1.54, 1.807) is 6.42 Å². The van der Waals surface area contributed by atoms with Gasteiger partial charge in [-0.1, -0.05) is 11.6 Å². The topological polar surface area (TPSA) is 43.4 Å². The molecule has 0 amide bonds. The molecule has 3 nitrogen and oxygen atoms in total. The highest BCUT2D eigenvalue weighted by atomic mass is 79.9. The molecule has 0 bridgehead atoms. The van der Waals surface area contributed by atoms with E-state index in [0.29, 0.717) is 15.8 Å². The Morgan fingerprint density at radius 2 is 2.00 bits per heavy atom. The summed E-state index contributed by atoms with van der Waals surface area (Å²) in [6, 6.07) is 6.86. The van der Waals surface area contributed by atoms with Gasteiger partial charge in [0.1, 0.15) is 17.3 Å². The maximum absolute atomic E-state index is 13.3. The molecular formula is C14H8BrClFO3S. The largest absolute Gasteiger partial charge is 0.456 e. The summed E-state index contributed by atoms with van der Waals surface area (Å²) >= 11 is 9.10. The summed E-state index contributed by atoms with van der Waals surface area (Å²) in [5, 5.41) is 0.219. The summed E-state index contributed by atoms with van der Waals surface area (Å²) in [6.07, 6.45) is 1.61. The van der Waals surface area contributed by atoms with Crippen LogP contribution in [0.2, 0.25) is 5.02 Å². The van der Waals surface area contributed by atoms with Crippen molar-refractivity contribution in [3.05, 3.63) is 57.6 Å². The zero-order valence-electron chi connectivity index (χ0n) is 10.4. The van der Waals surface area contributed by atoms with Crippen LogP contribution in [0.15, 0.2) is 39.7 Å². The molecule has 0 unspecified atom stereocenters. The van der Waals surface area contributed by atoms with Gasteiger partial charge in [0, 0.05) is 17.5 Å². The van der Waals surface area contributed by atoms with Crippen molar-refractivity contribution in [2.75, 3.05) is 5.75 Å². The van der Waals surface area contributed by atoms with Gasteiger partial charge in [-0.2, -0.15) is 0 Å². The van der Waals surface area contributed by atoms with E-state index in [9.17, 15) is 12.8 Å². The molecule has 0 atom stereocenters. The van der Waals surface area contributed by atoms with Crippen molar-refractivity contribution in [1.82, 2.24) is 0 Å². The predicted molar refractivity (Wildman–Crippen MR) is 81.1 cm³/mol. The summed E-state index contributed by atoms with van der Waals surface area (Å²) in [7, 11) is -3.25. The number of ether oxygens (including phenoxy) is 1. The number of sulfone groups is 1. The van der Waals surface area contributed by atoms with Gasteiger partial charge in [0.2, 0.25) is 0 Å². The minimum Gasteiger partial charge on any atom is -0.456 e. The van der Waals surface area contributed by atoms with Crippen molar-refractivity contribution < 1.29 is 17.5 Å². The van der Waals surface area contributed by atoms with E-state index in [1.165, 1.54) is 30.3 Å². The number of halogens is 3. The lowest BCUT2D eigenvalue weighted by molar-refractivity contribution is 0.473. The Kier molecular flexibility index (Phi) is 3.71. The Morgan fingerprint density at radius 1 is 1.24 bits per heavy atom. The number of hydrogen-bond acceptors (Lipinski definition) is 3. The van der Waals surface area contributed by atoms with Crippen molar-refractivity contribution in [3.63, 3.8) is 0 Å². The van der Waals surface area contributed by atoms with E-state index in [4.69, 9.17) is 16.3 Å². The van der Waals surface area contributed by atoms with Gasteiger partial charge in [-0.15, -0.1) is 0 Å². The van der Waals surface area contributed by atoms with E-state index < -0.39 is 15.7 Å². The second-order valence-corrected chi connectivity index (χ2v) is 7.71. The maximum Gasteiger partial charge on any atom is 0.179 e. The van der Waals surface area contributed by atoms with Gasteiger partial charge in [0.25, 0.3) is 0 Å². The Balaban J connectivity index is 2.02. The molecule has 21 heavy (non-hydrogen) atoms. The third-order valence-corrected chi connectivity index (χ3v) is 5.68. The Hall–Kier alpha value is -1.11. The normalized spacial score (nSPS) is 15.8. The standard InChI is InChI=1S/C14H8BrClFO3S/c15-14-11-3-4-21(18,19)13(11)2-1-12(14)20-10-6-8(16)5-9(17)7-10/h1-3,5-7H,4H2. The van der Waals surface area contributed by atoms with Gasteiger partial charge in [-0.3, -0.25) is 0 Å². The van der Waals surface area contributed by atoms with Crippen LogP contribution >= 0.6 is 27.5 Å². The molecule has 7 heteroatoms. The van der Waals surface area contributed by atoms with Gasteiger partial charge in [0.05, 0.1) is 15.1 Å². The van der Waals surface area contributed by atoms with Gasteiger partial charge < -0.3 is 4.74 Å². The molecule has 109 valence electrons. The molecule has 1 aliphatic heterocycles. The van der Waals surface area contributed by atoms with Crippen molar-refractivity contribution >= 4 is 37.4 Å². The van der Waals surface area contributed by atoms with Crippen LogP contribution in [-0.2, 0) is 9.84 Å². The number of rotatable bonds is 2. The first-order valence-electron chi connectivity index (χ1n) is 5.89. The monoisotopic (exact) mass is 389 g/mol. The number of fused-ring (bicyclic) bond motifs is 1. The Bertz CT molecular complexity index is 816. The molecule has 0 N–H and O–H groups in total. The first-order valence-corrected chi connectivity index (χ1v) is 8.71. The molecular weight excluding hydrogens is 383 g/mol. The molecule has 3 rings (SSSR count). The third-order valence-electron chi connectivity index (χ3n) is 3.01. The highest BCUT2D eigenvalue weighted by Gasteiger charge is 2.29. The van der Waals surface area contributed by atoms with Crippen LogP contribution < -0.4 is 4.74 Å². The van der Waals surface area contributed by atoms with Crippen molar-refractivity contribution in [2.45, 2.75) is 4.90 Å². The highest BCUT2D eigenvalue weighted by Crippen LogP contribution is 2.40. The Morgan fingerprint density at radius 3 is 2.71 bits per heavy atom. The second-order valence-electron chi connectivity index (χ2n) is 4.48. The van der Waals surface area contributed by atoms with Crippen LogP contribution in [0.4, 0.5) is 4.39 Å². The van der Waals surface area contributed by atoms with Crippen LogP contribution in [0.5, 0.6) is 11.5 Å². The van der Waals surface area contributed by atoms with Gasteiger partial charge in [-0.05, 0) is 45.8 Å². The van der Waals surface area contributed by atoms with Crippen LogP contribution in [0, 0.1) is 12.2 Å². The Labute approximate surface area is 134 Å². The van der Waals surface area contributed by atoms with Crippen molar-refractivity contribution in [2.24, 2.45) is 0 Å². The number of benzene rings is 2. The van der Waals surface area contributed by atoms with E-state index in [0.717, 1.165) is 0 Å². The molecule has 0 spiro atoms. The van der Waals surface area contributed by atoms with E-state index in [1.807, 2.05) is 0 Å². The lowest BCUT2D eigenvalue weighted by atomic mass is 10.1. The van der Waals surface area contributed by atoms with E-state index in [2.05, 4.69) is 15.9 Å². The molecule has 1 aliphatic rings. The highest BCUT2D eigenvalue weighted by molar-refractivity contribution is 9.10. The molecule has 1 heterocycles. The fraction of sp³-hybridized carbons (Fsp3) is 0.0714. The minimum atomic E-state index is -3.25. The lowest BCUT2D eigenvalue weighted by Crippen LogP contribution is -1.98. The van der Waals surface area contributed by atoms with Crippen molar-refractivity contribution in [3.8, 4) is 11.5 Å². The van der Waals surface area contributed by atoms with Crippen LogP contribution in [0.25, 0.3) is 0 Å². The van der Waals surface area contributed by atoms with Crippen molar-refractivity contribution in [1.29, 1.82) is 0 Å². The van der Waals surface area contributed by atoms with Crippen LogP contribution in [0.1, 0.15) is 5.56 Å². The molecule has 0 saturated heterocycles. The van der Waals surface area contributed by atoms with Gasteiger partial charge >= 0.3 is 0 Å². The molecule has 2 aromatic carbocycles. The summed E-state index contributed by atoms with van der Waals surface area (Å²) in [5.74, 6) is 0.0881. The molecule has 0 aromatic heterocycles.